The van der Waals surface area contributed by atoms with Crippen LogP contribution in [0.25, 0.3) is 0 Å². The van der Waals surface area contributed by atoms with Crippen molar-refractivity contribution in [2.45, 2.75) is 38.8 Å². The number of ether oxygens (including phenoxy) is 1. The van der Waals surface area contributed by atoms with Crippen molar-refractivity contribution >= 4 is 0 Å². The van der Waals surface area contributed by atoms with Crippen LogP contribution in [0, 0.1) is 0 Å². The van der Waals surface area contributed by atoms with E-state index in [1.54, 1.807) is 19.2 Å². The van der Waals surface area contributed by atoms with Crippen LogP contribution in [-0.4, -0.2) is 42.8 Å². The fraction of sp³-hybridized carbons (Fsp3) is 0.625. The molecule has 0 aromatic heterocycles. The van der Waals surface area contributed by atoms with E-state index in [1.807, 2.05) is 6.07 Å². The van der Waals surface area contributed by atoms with Crippen LogP contribution >= 0.6 is 0 Å². The highest BCUT2D eigenvalue weighted by molar-refractivity contribution is 5.39. The van der Waals surface area contributed by atoms with Gasteiger partial charge in [0.25, 0.3) is 0 Å². The Bertz CT molecular complexity index is 417. The second-order valence-corrected chi connectivity index (χ2v) is 5.52. The van der Waals surface area contributed by atoms with Crippen LogP contribution < -0.4 is 10.1 Å². The summed E-state index contributed by atoms with van der Waals surface area (Å²) in [6.07, 6.45) is 3.65. The predicted molar refractivity (Wildman–Crippen MR) is 81.3 cm³/mol. The number of hydrogen-bond donors (Lipinski definition) is 2. The van der Waals surface area contributed by atoms with Crippen molar-refractivity contribution < 1.29 is 9.84 Å². The van der Waals surface area contributed by atoms with Crippen molar-refractivity contribution in [2.24, 2.45) is 0 Å². The van der Waals surface area contributed by atoms with Crippen LogP contribution in [0.4, 0.5) is 0 Å². The van der Waals surface area contributed by atoms with Crippen molar-refractivity contribution in [3.05, 3.63) is 23.8 Å². The Balaban J connectivity index is 2.02. The zero-order chi connectivity index (χ0) is 14.4. The molecule has 1 unspecified atom stereocenters. The van der Waals surface area contributed by atoms with Gasteiger partial charge in [-0.2, -0.15) is 0 Å². The van der Waals surface area contributed by atoms with Crippen molar-refractivity contribution in [1.29, 1.82) is 0 Å². The minimum Gasteiger partial charge on any atom is -0.508 e. The summed E-state index contributed by atoms with van der Waals surface area (Å²) < 4.78 is 5.24. The lowest BCUT2D eigenvalue weighted by Crippen LogP contribution is -2.37. The number of phenolic OH excluding ortho intramolecular Hbond substituents is 1. The van der Waals surface area contributed by atoms with Crippen molar-refractivity contribution in [1.82, 2.24) is 10.2 Å². The maximum absolute atomic E-state index is 10.0. The quantitative estimate of drug-likeness (QED) is 0.804. The third-order valence-corrected chi connectivity index (χ3v) is 3.86. The van der Waals surface area contributed by atoms with Gasteiger partial charge < -0.3 is 15.2 Å². The van der Waals surface area contributed by atoms with E-state index in [0.29, 0.717) is 11.8 Å². The molecule has 2 rings (SSSR count). The second-order valence-electron chi connectivity index (χ2n) is 5.52. The van der Waals surface area contributed by atoms with Gasteiger partial charge in [0, 0.05) is 24.7 Å². The highest BCUT2D eigenvalue weighted by Gasteiger charge is 2.18. The molecular weight excluding hydrogens is 252 g/mol. The average Bonchev–Trinajstić information content (AvgIpc) is 2.94. The van der Waals surface area contributed by atoms with Gasteiger partial charge in [-0.25, -0.2) is 0 Å². The third-order valence-electron chi connectivity index (χ3n) is 3.86. The number of nitrogens with one attached hydrogen (secondary N) is 1. The van der Waals surface area contributed by atoms with E-state index in [1.165, 1.54) is 12.8 Å². The van der Waals surface area contributed by atoms with Gasteiger partial charge in [0.2, 0.25) is 0 Å². The molecule has 1 aliphatic heterocycles. The van der Waals surface area contributed by atoms with Crippen molar-refractivity contribution in [3.8, 4) is 11.5 Å². The SMILES string of the molecule is CCCN(Cc1cc(OC)ccc1O)CC1CCCN1. The molecule has 1 atom stereocenters. The molecule has 1 aromatic rings. The molecule has 1 heterocycles. The molecule has 0 amide bonds. The Hall–Kier alpha value is -1.26. The minimum absolute atomic E-state index is 0.353. The average molecular weight is 278 g/mol. The summed E-state index contributed by atoms with van der Waals surface area (Å²) in [5, 5.41) is 13.6. The van der Waals surface area contributed by atoms with Crippen LogP contribution in [0.15, 0.2) is 18.2 Å². The summed E-state index contributed by atoms with van der Waals surface area (Å²) in [5.74, 6) is 1.15. The maximum Gasteiger partial charge on any atom is 0.120 e. The molecule has 0 aliphatic carbocycles. The van der Waals surface area contributed by atoms with E-state index in [0.717, 1.165) is 43.9 Å². The largest absolute Gasteiger partial charge is 0.508 e. The van der Waals surface area contributed by atoms with Crippen LogP contribution in [0.1, 0.15) is 31.7 Å². The molecule has 1 saturated heterocycles. The molecule has 20 heavy (non-hydrogen) atoms. The number of rotatable bonds is 7. The monoisotopic (exact) mass is 278 g/mol. The highest BCUT2D eigenvalue weighted by atomic mass is 16.5. The summed E-state index contributed by atoms with van der Waals surface area (Å²) in [5.41, 5.74) is 0.941. The summed E-state index contributed by atoms with van der Waals surface area (Å²) in [4.78, 5) is 2.41. The number of benzene rings is 1. The molecule has 112 valence electrons. The first-order valence-corrected chi connectivity index (χ1v) is 7.54. The zero-order valence-electron chi connectivity index (χ0n) is 12.6. The predicted octanol–water partition coefficient (Wildman–Crippen LogP) is 2.36. The van der Waals surface area contributed by atoms with Crippen molar-refractivity contribution in [2.75, 3.05) is 26.7 Å². The molecule has 1 aromatic carbocycles. The van der Waals surface area contributed by atoms with E-state index in [9.17, 15) is 5.11 Å². The number of hydrogen-bond acceptors (Lipinski definition) is 4. The molecule has 0 bridgehead atoms. The van der Waals surface area contributed by atoms with Gasteiger partial charge in [-0.3, -0.25) is 4.90 Å². The molecule has 0 radical (unpaired) electrons. The fourth-order valence-electron chi connectivity index (χ4n) is 2.83. The van der Waals surface area contributed by atoms with Crippen LogP contribution in [0.5, 0.6) is 11.5 Å². The van der Waals surface area contributed by atoms with Gasteiger partial charge in [0.05, 0.1) is 7.11 Å². The first kappa shape index (κ1) is 15.1. The zero-order valence-corrected chi connectivity index (χ0v) is 12.6. The molecule has 0 saturated carbocycles. The van der Waals surface area contributed by atoms with Crippen LogP contribution in [0.2, 0.25) is 0 Å². The standard InChI is InChI=1S/C16H26N2O2/c1-3-9-18(12-14-5-4-8-17-14)11-13-10-15(20-2)6-7-16(13)19/h6-7,10,14,17,19H,3-5,8-9,11-12H2,1-2H3. The molecule has 2 N–H and O–H groups in total. The number of methoxy groups -OCH3 is 1. The Morgan fingerprint density at radius 3 is 2.95 bits per heavy atom. The minimum atomic E-state index is 0.353. The molecule has 4 nitrogen and oxygen atoms in total. The summed E-state index contributed by atoms with van der Waals surface area (Å²) in [7, 11) is 1.66. The first-order chi connectivity index (χ1) is 9.72. The van der Waals surface area contributed by atoms with E-state index >= 15 is 0 Å². The lowest BCUT2D eigenvalue weighted by atomic mass is 10.1. The topological polar surface area (TPSA) is 44.7 Å². The highest BCUT2D eigenvalue weighted by Crippen LogP contribution is 2.24. The van der Waals surface area contributed by atoms with E-state index in [2.05, 4.69) is 17.1 Å². The van der Waals surface area contributed by atoms with Crippen LogP contribution in [0.3, 0.4) is 0 Å². The van der Waals surface area contributed by atoms with Crippen molar-refractivity contribution in [3.63, 3.8) is 0 Å². The summed E-state index contributed by atoms with van der Waals surface area (Å²) in [6, 6.07) is 6.03. The summed E-state index contributed by atoms with van der Waals surface area (Å²) >= 11 is 0. The summed E-state index contributed by atoms with van der Waals surface area (Å²) in [6.45, 7) is 6.20. The van der Waals surface area contributed by atoms with Gasteiger partial charge in [-0.15, -0.1) is 0 Å². The lowest BCUT2D eigenvalue weighted by Gasteiger charge is -2.25. The van der Waals surface area contributed by atoms with E-state index in [4.69, 9.17) is 4.74 Å². The first-order valence-electron chi connectivity index (χ1n) is 7.54. The van der Waals surface area contributed by atoms with Gasteiger partial charge >= 0.3 is 0 Å². The lowest BCUT2D eigenvalue weighted by molar-refractivity contribution is 0.238. The molecule has 4 heteroatoms. The van der Waals surface area contributed by atoms with E-state index in [-0.39, 0.29) is 0 Å². The fourth-order valence-corrected chi connectivity index (χ4v) is 2.83. The van der Waals surface area contributed by atoms with Gasteiger partial charge in [0.15, 0.2) is 0 Å². The number of nitrogens with zero attached hydrogens (tertiary/aromatic N) is 1. The molecule has 1 aliphatic rings. The Morgan fingerprint density at radius 2 is 2.30 bits per heavy atom. The van der Waals surface area contributed by atoms with Gasteiger partial charge in [-0.1, -0.05) is 6.92 Å². The Labute approximate surface area is 121 Å². The molecule has 1 fully saturated rings. The normalized spacial score (nSPS) is 18.6. The number of phenols is 1. The molecular formula is C16H26N2O2. The Morgan fingerprint density at radius 1 is 1.45 bits per heavy atom. The number of aromatic hydroxyl groups is 1. The Kier molecular flexibility index (Phi) is 5.68. The second kappa shape index (κ2) is 7.50. The van der Waals surface area contributed by atoms with Gasteiger partial charge in [0.1, 0.15) is 11.5 Å². The molecule has 0 spiro atoms. The third kappa shape index (κ3) is 4.12. The van der Waals surface area contributed by atoms with E-state index < -0.39 is 0 Å². The maximum atomic E-state index is 10.0. The van der Waals surface area contributed by atoms with Gasteiger partial charge in [-0.05, 0) is 50.6 Å². The smallest absolute Gasteiger partial charge is 0.120 e. The van der Waals surface area contributed by atoms with Crippen LogP contribution in [-0.2, 0) is 6.54 Å².